The average Bonchev–Trinajstić information content (AvgIpc) is 2.79. The van der Waals surface area contributed by atoms with Crippen LogP contribution in [0.1, 0.15) is 31.7 Å². The first-order valence-corrected chi connectivity index (χ1v) is 6.90. The van der Waals surface area contributed by atoms with Crippen molar-refractivity contribution in [2.45, 2.75) is 39.2 Å². The number of carbonyl (C=O) groups excluding carboxylic acids is 2. The molecule has 1 aliphatic rings. The van der Waals surface area contributed by atoms with Crippen molar-refractivity contribution >= 4 is 23.2 Å². The van der Waals surface area contributed by atoms with Gasteiger partial charge in [0.1, 0.15) is 0 Å². The van der Waals surface area contributed by atoms with E-state index in [2.05, 4.69) is 10.6 Å². The van der Waals surface area contributed by atoms with Gasteiger partial charge in [0.25, 0.3) is 0 Å². The van der Waals surface area contributed by atoms with E-state index in [4.69, 9.17) is 5.73 Å². The molecule has 0 saturated heterocycles. The first-order valence-electron chi connectivity index (χ1n) is 6.90. The second-order valence-corrected chi connectivity index (χ2v) is 5.47. The number of hydrogen-bond acceptors (Lipinski definition) is 3. The lowest BCUT2D eigenvalue weighted by molar-refractivity contribution is -0.119. The Morgan fingerprint density at radius 2 is 2.00 bits per heavy atom. The number of hydrogen-bond donors (Lipinski definition) is 3. The Labute approximate surface area is 118 Å². The number of carbonyl (C=O) groups is 2. The maximum Gasteiger partial charge on any atom is 0.227 e. The molecule has 5 heteroatoms. The van der Waals surface area contributed by atoms with Crippen LogP contribution in [0.3, 0.4) is 0 Å². The van der Waals surface area contributed by atoms with Crippen LogP contribution in [-0.4, -0.2) is 17.9 Å². The molecule has 2 unspecified atom stereocenters. The van der Waals surface area contributed by atoms with Crippen molar-refractivity contribution in [2.24, 2.45) is 11.7 Å². The lowest BCUT2D eigenvalue weighted by Gasteiger charge is -2.14. The molecule has 0 heterocycles. The normalized spacial score (nSPS) is 21.6. The molecule has 1 aliphatic carbocycles. The molecule has 0 aliphatic heterocycles. The monoisotopic (exact) mass is 275 g/mol. The molecule has 5 nitrogen and oxygen atoms in total. The maximum atomic E-state index is 12.2. The van der Waals surface area contributed by atoms with Gasteiger partial charge in [-0.05, 0) is 43.9 Å². The van der Waals surface area contributed by atoms with E-state index in [-0.39, 0.29) is 23.8 Å². The molecule has 1 saturated carbocycles. The zero-order valence-electron chi connectivity index (χ0n) is 11.9. The molecule has 2 atom stereocenters. The predicted molar refractivity (Wildman–Crippen MR) is 79.4 cm³/mol. The smallest absolute Gasteiger partial charge is 0.227 e. The van der Waals surface area contributed by atoms with Gasteiger partial charge in [0.15, 0.2) is 0 Å². The highest BCUT2D eigenvalue weighted by molar-refractivity contribution is 5.95. The molecular weight excluding hydrogens is 254 g/mol. The molecule has 1 fully saturated rings. The minimum absolute atomic E-state index is 0.00572. The van der Waals surface area contributed by atoms with Crippen LogP contribution in [-0.2, 0) is 9.59 Å². The highest BCUT2D eigenvalue weighted by atomic mass is 16.2. The van der Waals surface area contributed by atoms with E-state index in [0.29, 0.717) is 5.69 Å². The topological polar surface area (TPSA) is 84.2 Å². The van der Waals surface area contributed by atoms with E-state index in [0.717, 1.165) is 30.5 Å². The Morgan fingerprint density at radius 1 is 1.25 bits per heavy atom. The maximum absolute atomic E-state index is 12.2. The third-order valence-electron chi connectivity index (χ3n) is 3.66. The number of benzene rings is 1. The van der Waals surface area contributed by atoms with Gasteiger partial charge < -0.3 is 16.4 Å². The summed E-state index contributed by atoms with van der Waals surface area (Å²) in [4.78, 5) is 23.3. The van der Waals surface area contributed by atoms with Crippen LogP contribution < -0.4 is 16.4 Å². The third kappa shape index (κ3) is 3.57. The molecule has 108 valence electrons. The number of anilines is 2. The molecule has 0 spiro atoms. The zero-order valence-corrected chi connectivity index (χ0v) is 11.9. The number of nitrogens with one attached hydrogen (secondary N) is 2. The number of aryl methyl sites for hydroxylation is 1. The number of nitrogens with two attached hydrogens (primary N) is 1. The van der Waals surface area contributed by atoms with Crippen LogP contribution in [0, 0.1) is 12.8 Å². The van der Waals surface area contributed by atoms with Gasteiger partial charge in [-0.3, -0.25) is 9.59 Å². The van der Waals surface area contributed by atoms with Crippen molar-refractivity contribution in [3.05, 3.63) is 23.8 Å². The summed E-state index contributed by atoms with van der Waals surface area (Å²) in [6, 6.07) is 5.61. The van der Waals surface area contributed by atoms with Gasteiger partial charge in [0.2, 0.25) is 11.8 Å². The molecule has 20 heavy (non-hydrogen) atoms. The van der Waals surface area contributed by atoms with Crippen molar-refractivity contribution in [1.82, 2.24) is 0 Å². The van der Waals surface area contributed by atoms with Gasteiger partial charge in [0.05, 0.1) is 0 Å². The first kappa shape index (κ1) is 14.5. The van der Waals surface area contributed by atoms with E-state index < -0.39 is 0 Å². The summed E-state index contributed by atoms with van der Waals surface area (Å²) in [5.74, 6) is -0.122. The summed E-state index contributed by atoms with van der Waals surface area (Å²) < 4.78 is 0. The van der Waals surface area contributed by atoms with Crippen molar-refractivity contribution in [3.63, 3.8) is 0 Å². The van der Waals surface area contributed by atoms with Crippen LogP contribution in [0.2, 0.25) is 0 Å². The summed E-state index contributed by atoms with van der Waals surface area (Å²) in [7, 11) is 0. The van der Waals surface area contributed by atoms with Crippen LogP contribution in [0.4, 0.5) is 11.4 Å². The lowest BCUT2D eigenvalue weighted by atomic mass is 10.1. The van der Waals surface area contributed by atoms with Crippen LogP contribution >= 0.6 is 0 Å². The fourth-order valence-electron chi connectivity index (χ4n) is 2.53. The fourth-order valence-corrected chi connectivity index (χ4v) is 2.53. The van der Waals surface area contributed by atoms with Crippen molar-refractivity contribution in [2.75, 3.05) is 10.6 Å². The molecule has 2 rings (SSSR count). The highest BCUT2D eigenvalue weighted by Crippen LogP contribution is 2.27. The molecule has 0 aromatic heterocycles. The Hall–Kier alpha value is -1.88. The lowest BCUT2D eigenvalue weighted by Crippen LogP contribution is -2.23. The number of rotatable bonds is 3. The van der Waals surface area contributed by atoms with Gasteiger partial charge in [-0.25, -0.2) is 0 Å². The Morgan fingerprint density at radius 3 is 2.60 bits per heavy atom. The highest BCUT2D eigenvalue weighted by Gasteiger charge is 2.27. The molecule has 0 bridgehead atoms. The van der Waals surface area contributed by atoms with Gasteiger partial charge in [-0.2, -0.15) is 0 Å². The third-order valence-corrected chi connectivity index (χ3v) is 3.66. The van der Waals surface area contributed by atoms with Gasteiger partial charge >= 0.3 is 0 Å². The minimum Gasteiger partial charge on any atom is -0.328 e. The summed E-state index contributed by atoms with van der Waals surface area (Å²) in [5.41, 5.74) is 8.22. The predicted octanol–water partition coefficient (Wildman–Crippen LogP) is 2.02. The molecule has 0 radical (unpaired) electrons. The van der Waals surface area contributed by atoms with Gasteiger partial charge in [-0.1, -0.05) is 6.07 Å². The van der Waals surface area contributed by atoms with Crippen LogP contribution in [0.5, 0.6) is 0 Å². The SMILES string of the molecule is CC(=O)Nc1ccc(C)c(NC(=O)C2CCC(N)C2)c1. The van der Waals surface area contributed by atoms with Gasteiger partial charge in [0, 0.05) is 30.3 Å². The van der Waals surface area contributed by atoms with Crippen molar-refractivity contribution in [3.8, 4) is 0 Å². The molecular formula is C15H21N3O2. The largest absolute Gasteiger partial charge is 0.328 e. The van der Waals surface area contributed by atoms with E-state index in [1.165, 1.54) is 6.92 Å². The van der Waals surface area contributed by atoms with Crippen molar-refractivity contribution in [1.29, 1.82) is 0 Å². The van der Waals surface area contributed by atoms with Gasteiger partial charge in [-0.15, -0.1) is 0 Å². The summed E-state index contributed by atoms with van der Waals surface area (Å²) in [6.07, 6.45) is 2.50. The Bertz CT molecular complexity index is 528. The molecule has 1 aromatic rings. The van der Waals surface area contributed by atoms with E-state index in [9.17, 15) is 9.59 Å². The molecule has 2 amide bonds. The minimum atomic E-state index is -0.132. The van der Waals surface area contributed by atoms with E-state index >= 15 is 0 Å². The Kier molecular flexibility index (Phi) is 4.39. The standard InChI is InChI=1S/C15H21N3O2/c1-9-3-6-13(17-10(2)19)8-14(9)18-15(20)11-4-5-12(16)7-11/h3,6,8,11-12H,4-5,7,16H2,1-2H3,(H,17,19)(H,18,20). The van der Waals surface area contributed by atoms with Crippen LogP contribution in [0.15, 0.2) is 18.2 Å². The second-order valence-electron chi connectivity index (χ2n) is 5.47. The quantitative estimate of drug-likeness (QED) is 0.789. The fraction of sp³-hybridized carbons (Fsp3) is 0.467. The molecule has 4 N–H and O–H groups in total. The first-order chi connectivity index (χ1) is 9.45. The second kappa shape index (κ2) is 6.05. The Balaban J connectivity index is 2.08. The van der Waals surface area contributed by atoms with Crippen LogP contribution in [0.25, 0.3) is 0 Å². The summed E-state index contributed by atoms with van der Waals surface area (Å²) in [5, 5.41) is 5.65. The summed E-state index contributed by atoms with van der Waals surface area (Å²) >= 11 is 0. The average molecular weight is 275 g/mol. The number of amides is 2. The van der Waals surface area contributed by atoms with E-state index in [1.807, 2.05) is 19.1 Å². The molecule has 1 aromatic carbocycles. The van der Waals surface area contributed by atoms with E-state index in [1.54, 1.807) is 6.07 Å². The zero-order chi connectivity index (χ0) is 14.7. The summed E-state index contributed by atoms with van der Waals surface area (Å²) in [6.45, 7) is 3.38. The van der Waals surface area contributed by atoms with Crippen molar-refractivity contribution < 1.29 is 9.59 Å².